The molecule has 244 valence electrons. The van der Waals surface area contributed by atoms with Crippen LogP contribution in [0.1, 0.15) is 46.7 Å². The Hall–Kier alpha value is -5.94. The van der Waals surface area contributed by atoms with Crippen molar-refractivity contribution in [3.63, 3.8) is 0 Å². The van der Waals surface area contributed by atoms with E-state index in [0.29, 0.717) is 13.1 Å². The Balaban J connectivity index is 1.48. The molecular formula is C45H37N3O2. The SMILES string of the molecule is CCN1C(=O)[C@@]2(c3ccccc31)[C@H](c1ccccc1)[C@@H](c1ccccc1)N(c1ccccc1)[C@]21C(=O)N(Cc2ccccc2)c2ccccc21. The number of benzene rings is 6. The highest BCUT2D eigenvalue weighted by Gasteiger charge is 2.81. The Bertz CT molecular complexity index is 2210. The summed E-state index contributed by atoms with van der Waals surface area (Å²) in [4.78, 5) is 38.6. The van der Waals surface area contributed by atoms with E-state index < -0.39 is 16.9 Å². The summed E-state index contributed by atoms with van der Waals surface area (Å²) in [7, 11) is 0. The second-order valence-corrected chi connectivity index (χ2v) is 13.4. The lowest BCUT2D eigenvalue weighted by Gasteiger charge is -2.46. The zero-order valence-electron chi connectivity index (χ0n) is 27.9. The van der Waals surface area contributed by atoms with E-state index in [1.54, 1.807) is 0 Å². The lowest BCUT2D eigenvalue weighted by Crippen LogP contribution is -2.64. The predicted octanol–water partition coefficient (Wildman–Crippen LogP) is 8.78. The summed E-state index contributed by atoms with van der Waals surface area (Å²) in [5.74, 6) is -0.573. The average Bonchev–Trinajstić information content (AvgIpc) is 3.71. The summed E-state index contributed by atoms with van der Waals surface area (Å²) < 4.78 is 0. The van der Waals surface area contributed by atoms with Crippen molar-refractivity contribution in [2.24, 2.45) is 0 Å². The van der Waals surface area contributed by atoms with Crippen LogP contribution in [-0.2, 0) is 27.1 Å². The summed E-state index contributed by atoms with van der Waals surface area (Å²) in [6.45, 7) is 2.90. The summed E-state index contributed by atoms with van der Waals surface area (Å²) >= 11 is 0. The van der Waals surface area contributed by atoms with Gasteiger partial charge >= 0.3 is 0 Å². The summed E-state index contributed by atoms with van der Waals surface area (Å²) in [6.07, 6.45) is 0. The standard InChI is InChI=1S/C45H37N3O2/c1-2-46-38-29-17-15-27-36(38)44(42(46)49)40(33-21-9-4-10-22-33)41(34-23-11-5-12-24-34)48(35-25-13-6-14-26-35)45(44)37-28-16-18-30-39(37)47(43(45)50)31-32-19-7-3-8-20-32/h3-30,40-41H,2,31H2,1H3/t40-,41-,44-,45-/m1/s1. The Morgan fingerprint density at radius 3 is 1.64 bits per heavy atom. The van der Waals surface area contributed by atoms with Crippen molar-refractivity contribution in [3.05, 3.63) is 198 Å². The first-order valence-electron chi connectivity index (χ1n) is 17.4. The Morgan fingerprint density at radius 1 is 0.520 bits per heavy atom. The molecule has 5 nitrogen and oxygen atoms in total. The van der Waals surface area contributed by atoms with Gasteiger partial charge in [-0.15, -0.1) is 0 Å². The van der Waals surface area contributed by atoms with Crippen molar-refractivity contribution in [2.75, 3.05) is 21.2 Å². The Morgan fingerprint density at radius 2 is 1.02 bits per heavy atom. The minimum absolute atomic E-state index is 0.0425. The second kappa shape index (κ2) is 11.6. The number of hydrogen-bond acceptors (Lipinski definition) is 3. The molecule has 3 heterocycles. The fourth-order valence-electron chi connectivity index (χ4n) is 9.45. The maximum Gasteiger partial charge on any atom is 0.259 e. The molecule has 1 fully saturated rings. The van der Waals surface area contributed by atoms with Crippen molar-refractivity contribution >= 4 is 28.9 Å². The van der Waals surface area contributed by atoms with Crippen LogP contribution in [0, 0.1) is 0 Å². The third kappa shape index (κ3) is 3.89. The molecule has 1 saturated heterocycles. The number of nitrogens with zero attached hydrogens (tertiary/aromatic N) is 3. The van der Waals surface area contributed by atoms with Gasteiger partial charge in [0.05, 0.1) is 18.3 Å². The van der Waals surface area contributed by atoms with Gasteiger partial charge in [-0.3, -0.25) is 9.59 Å². The molecule has 6 aromatic rings. The predicted molar refractivity (Wildman–Crippen MR) is 199 cm³/mol. The third-order valence-electron chi connectivity index (χ3n) is 11.2. The van der Waals surface area contributed by atoms with Crippen LogP contribution in [-0.4, -0.2) is 18.4 Å². The van der Waals surface area contributed by atoms with Gasteiger partial charge in [-0.2, -0.15) is 0 Å². The number of anilines is 3. The van der Waals surface area contributed by atoms with Crippen molar-refractivity contribution < 1.29 is 9.59 Å². The fraction of sp³-hybridized carbons (Fsp3) is 0.156. The maximum atomic E-state index is 16.4. The molecule has 50 heavy (non-hydrogen) atoms. The smallest absolute Gasteiger partial charge is 0.259 e. The molecule has 0 aliphatic carbocycles. The maximum absolute atomic E-state index is 16.4. The van der Waals surface area contributed by atoms with Crippen LogP contribution in [0.25, 0.3) is 0 Å². The number of hydrogen-bond donors (Lipinski definition) is 0. The number of rotatable bonds is 6. The minimum atomic E-state index is -1.45. The molecule has 0 aromatic heterocycles. The molecule has 0 saturated carbocycles. The van der Waals surface area contributed by atoms with Crippen LogP contribution in [0.3, 0.4) is 0 Å². The number of amides is 2. The van der Waals surface area contributed by atoms with Gasteiger partial charge < -0.3 is 14.7 Å². The van der Waals surface area contributed by atoms with E-state index in [2.05, 4.69) is 102 Å². The molecule has 9 rings (SSSR count). The van der Waals surface area contributed by atoms with Crippen LogP contribution in [0.15, 0.2) is 170 Å². The normalized spacial score (nSPS) is 23.6. The molecule has 3 aliphatic heterocycles. The molecule has 6 aromatic carbocycles. The highest BCUT2D eigenvalue weighted by molar-refractivity contribution is 6.21. The Kier molecular flexibility index (Phi) is 6.99. The first-order valence-corrected chi connectivity index (χ1v) is 17.4. The molecule has 0 radical (unpaired) electrons. The monoisotopic (exact) mass is 651 g/mol. The number of para-hydroxylation sites is 3. The molecule has 5 heteroatoms. The summed E-state index contributed by atoms with van der Waals surface area (Å²) in [6, 6.07) is 57.2. The average molecular weight is 652 g/mol. The van der Waals surface area contributed by atoms with Gasteiger partial charge in [-0.05, 0) is 53.4 Å². The zero-order valence-corrected chi connectivity index (χ0v) is 27.9. The molecule has 2 amide bonds. The molecule has 0 bridgehead atoms. The van der Waals surface area contributed by atoms with E-state index in [0.717, 1.165) is 44.9 Å². The highest BCUT2D eigenvalue weighted by atomic mass is 16.2. The van der Waals surface area contributed by atoms with Gasteiger partial charge in [0.2, 0.25) is 5.91 Å². The first-order chi connectivity index (χ1) is 24.6. The van der Waals surface area contributed by atoms with Crippen molar-refractivity contribution in [2.45, 2.75) is 36.4 Å². The number of likely N-dealkylation sites (N-methyl/N-ethyl adjacent to an activating group) is 1. The van der Waals surface area contributed by atoms with Gasteiger partial charge in [0.15, 0.2) is 5.54 Å². The molecule has 3 aliphatic rings. The van der Waals surface area contributed by atoms with E-state index >= 15 is 9.59 Å². The van der Waals surface area contributed by atoms with Gasteiger partial charge in [-0.25, -0.2) is 0 Å². The van der Waals surface area contributed by atoms with Gasteiger partial charge in [0.1, 0.15) is 5.41 Å². The number of carbonyl (C=O) groups is 2. The third-order valence-corrected chi connectivity index (χ3v) is 11.2. The lowest BCUT2D eigenvalue weighted by molar-refractivity contribution is -0.133. The van der Waals surface area contributed by atoms with Gasteiger partial charge in [-0.1, -0.05) is 146 Å². The van der Waals surface area contributed by atoms with Crippen molar-refractivity contribution in [3.8, 4) is 0 Å². The first kappa shape index (κ1) is 30.1. The van der Waals surface area contributed by atoms with Gasteiger partial charge in [0.25, 0.3) is 5.91 Å². The van der Waals surface area contributed by atoms with Gasteiger partial charge in [0, 0.05) is 29.4 Å². The molecular weight excluding hydrogens is 615 g/mol. The van der Waals surface area contributed by atoms with Crippen LogP contribution < -0.4 is 14.7 Å². The van der Waals surface area contributed by atoms with Crippen molar-refractivity contribution in [1.82, 2.24) is 0 Å². The molecule has 4 atom stereocenters. The lowest BCUT2D eigenvalue weighted by atomic mass is 9.57. The molecule has 0 unspecified atom stereocenters. The van der Waals surface area contributed by atoms with Crippen LogP contribution in [0.5, 0.6) is 0 Å². The quantitative estimate of drug-likeness (QED) is 0.181. The zero-order chi connectivity index (χ0) is 33.9. The summed E-state index contributed by atoms with van der Waals surface area (Å²) in [5, 5.41) is 0. The summed E-state index contributed by atoms with van der Waals surface area (Å²) in [5.41, 5.74) is 4.66. The van der Waals surface area contributed by atoms with Crippen LogP contribution in [0.4, 0.5) is 17.1 Å². The topological polar surface area (TPSA) is 43.9 Å². The largest absolute Gasteiger partial charge is 0.344 e. The van der Waals surface area contributed by atoms with E-state index in [1.807, 2.05) is 89.5 Å². The van der Waals surface area contributed by atoms with E-state index in [-0.39, 0.29) is 17.9 Å². The number of carbonyl (C=O) groups excluding carboxylic acids is 2. The molecule has 2 spiro atoms. The van der Waals surface area contributed by atoms with Crippen LogP contribution in [0.2, 0.25) is 0 Å². The van der Waals surface area contributed by atoms with E-state index in [4.69, 9.17) is 0 Å². The highest BCUT2D eigenvalue weighted by Crippen LogP contribution is 2.73. The Labute approximate surface area is 293 Å². The second-order valence-electron chi connectivity index (χ2n) is 13.4. The van der Waals surface area contributed by atoms with Crippen molar-refractivity contribution in [1.29, 1.82) is 0 Å². The fourth-order valence-corrected chi connectivity index (χ4v) is 9.45. The molecule has 0 N–H and O–H groups in total. The number of fused-ring (bicyclic) bond motifs is 5. The minimum Gasteiger partial charge on any atom is -0.344 e. The van der Waals surface area contributed by atoms with Crippen LogP contribution >= 0.6 is 0 Å². The van der Waals surface area contributed by atoms with E-state index in [9.17, 15) is 0 Å². The van der Waals surface area contributed by atoms with E-state index in [1.165, 1.54) is 0 Å².